The number of fused-ring (bicyclic) bond motifs is 2. The van der Waals surface area contributed by atoms with E-state index in [1.165, 1.54) is 61.6 Å². The minimum atomic E-state index is -1.73. The number of carbonyl (C=O) groups excluding carboxylic acids is 11. The third-order valence-corrected chi connectivity index (χ3v) is 16.5. The smallest absolute Gasteiger partial charge is 0.251 e. The summed E-state index contributed by atoms with van der Waals surface area (Å²) in [5.41, 5.74) is 0.572. The van der Waals surface area contributed by atoms with Crippen LogP contribution in [0.2, 0.25) is 0 Å². The van der Waals surface area contributed by atoms with Crippen molar-refractivity contribution in [3.63, 3.8) is 0 Å². The molecule has 0 aromatic heterocycles. The van der Waals surface area contributed by atoms with Crippen molar-refractivity contribution in [1.29, 1.82) is 0 Å². The van der Waals surface area contributed by atoms with Gasteiger partial charge in [-0.15, -0.1) is 0 Å². The van der Waals surface area contributed by atoms with Crippen molar-refractivity contribution < 1.29 is 52.7 Å². The van der Waals surface area contributed by atoms with Crippen molar-refractivity contribution in [2.24, 2.45) is 47.3 Å². The van der Waals surface area contributed by atoms with E-state index < -0.39 is 155 Å². The Hall–Kier alpha value is -6.35. The first-order chi connectivity index (χ1) is 39.7. The van der Waals surface area contributed by atoms with Gasteiger partial charge in [-0.25, -0.2) is 0 Å². The summed E-state index contributed by atoms with van der Waals surface area (Å²) in [4.78, 5) is 171. The average Bonchev–Trinajstić information content (AvgIpc) is 1.71. The van der Waals surface area contributed by atoms with Crippen LogP contribution < -0.4 is 21.3 Å². The molecular weight excluding hydrogens is 1100 g/mol. The van der Waals surface area contributed by atoms with E-state index in [0.717, 1.165) is 4.90 Å². The maximum absolute atomic E-state index is 15.4. The first-order valence-electron chi connectivity index (χ1n) is 31.2. The molecule has 488 valence electrons. The van der Waals surface area contributed by atoms with Gasteiger partial charge >= 0.3 is 0 Å². The van der Waals surface area contributed by atoms with Gasteiger partial charge in [-0.2, -0.15) is 0 Å². The molecule has 10 amide bonds. The number of ketones is 1. The van der Waals surface area contributed by atoms with Crippen LogP contribution in [0.1, 0.15) is 157 Å². The Morgan fingerprint density at radius 2 is 0.919 bits per heavy atom. The maximum atomic E-state index is 15.4. The van der Waals surface area contributed by atoms with Gasteiger partial charge in [0.25, 0.3) is 5.91 Å². The predicted molar refractivity (Wildman–Crippen MR) is 334 cm³/mol. The molecule has 2 rings (SSSR count). The van der Waals surface area contributed by atoms with E-state index in [4.69, 9.17) is 0 Å². The van der Waals surface area contributed by atoms with Gasteiger partial charge in [0.15, 0.2) is 11.8 Å². The van der Waals surface area contributed by atoms with Gasteiger partial charge in [0.1, 0.15) is 48.3 Å². The van der Waals surface area contributed by atoms with Crippen LogP contribution in [-0.4, -0.2) is 215 Å². The molecule has 0 aromatic rings. The van der Waals surface area contributed by atoms with E-state index >= 15 is 14.4 Å². The van der Waals surface area contributed by atoms with Crippen LogP contribution in [0.4, 0.5) is 0 Å². The molecule has 0 radical (unpaired) electrons. The summed E-state index contributed by atoms with van der Waals surface area (Å²) in [6.45, 7) is 31.6. The van der Waals surface area contributed by atoms with E-state index in [-0.39, 0.29) is 55.9 Å². The SMILES string of the molecule is C/C=C/C[C@@H](C)C(=O)[C@H]1C(=O)N[C@@H](C(C)C)C(=O)N(C)CC(=O)N(C)[C@@H](CC(C)C)C(=O)N[C@@H](C(C)C)C(=O)N(C)[C@@H](CC(C)C)C(=O)N[C@@H](C)C(=O)N[C@H](C)C(=O)N(C)[C@@H](CC(C)C)C(=O)N(C)[C@@H](CC(C)C)C2=CCN1C(=O)[C@H](C(C)C)N2C. The van der Waals surface area contributed by atoms with Gasteiger partial charge in [-0.3, -0.25) is 52.7 Å². The van der Waals surface area contributed by atoms with Gasteiger partial charge in [-0.05, 0) is 100 Å². The number of carbonyl (C=O) groups is 11. The largest absolute Gasteiger partial charge is 0.364 e. The Labute approximate surface area is 515 Å². The van der Waals surface area contributed by atoms with E-state index in [2.05, 4.69) is 21.3 Å². The Kier molecular flexibility index (Phi) is 29.7. The molecule has 86 heavy (non-hydrogen) atoms. The molecule has 0 aromatic carbocycles. The van der Waals surface area contributed by atoms with Crippen LogP contribution in [0.5, 0.6) is 0 Å². The zero-order chi connectivity index (χ0) is 66.3. The highest BCUT2D eigenvalue weighted by atomic mass is 16.2. The first-order valence-corrected chi connectivity index (χ1v) is 31.2. The van der Waals surface area contributed by atoms with Gasteiger partial charge in [-0.1, -0.05) is 116 Å². The number of allylic oxidation sites excluding steroid dienone is 2. The van der Waals surface area contributed by atoms with Crippen LogP contribution in [0.25, 0.3) is 0 Å². The second kappa shape index (κ2) is 33.7. The Morgan fingerprint density at radius 3 is 1.41 bits per heavy atom. The van der Waals surface area contributed by atoms with Crippen molar-refractivity contribution in [2.75, 3.05) is 55.4 Å². The molecule has 22 nitrogen and oxygen atoms in total. The molecule has 0 fully saturated rings. The number of rotatable bonds is 15. The maximum Gasteiger partial charge on any atom is 0.251 e. The summed E-state index contributed by atoms with van der Waals surface area (Å²) < 4.78 is 0. The lowest BCUT2D eigenvalue weighted by Gasteiger charge is -2.42. The molecule has 2 bridgehead atoms. The number of nitrogens with one attached hydrogen (secondary N) is 4. The van der Waals surface area contributed by atoms with Crippen molar-refractivity contribution >= 4 is 64.9 Å². The number of amides is 10. The predicted octanol–water partition coefficient (Wildman–Crippen LogP) is 4.46. The third kappa shape index (κ3) is 20.1. The summed E-state index contributed by atoms with van der Waals surface area (Å²) in [6, 6.07) is -11.5. The van der Waals surface area contributed by atoms with Crippen LogP contribution in [0.15, 0.2) is 23.9 Å². The molecule has 0 aliphatic carbocycles. The van der Waals surface area contributed by atoms with E-state index in [0.29, 0.717) is 12.1 Å². The number of nitrogens with zero attached hydrogens (tertiary/aromatic N) is 7. The van der Waals surface area contributed by atoms with Crippen molar-refractivity contribution in [1.82, 2.24) is 55.6 Å². The molecule has 11 atom stereocenters. The van der Waals surface area contributed by atoms with Crippen LogP contribution in [-0.2, 0) is 52.7 Å². The molecule has 0 unspecified atom stereocenters. The number of Topliss-reactive ketones (excluding diaryl/α,β-unsaturated/α-hetero) is 1. The van der Waals surface area contributed by atoms with Gasteiger partial charge in [0.2, 0.25) is 53.2 Å². The molecular formula is C64H111N11O11. The first kappa shape index (κ1) is 75.7. The molecule has 4 N–H and O–H groups in total. The molecule has 22 heteroatoms. The molecule has 0 saturated heterocycles. The highest BCUT2D eigenvalue weighted by molar-refractivity contribution is 6.10. The second-order valence-corrected chi connectivity index (χ2v) is 27.0. The Bertz CT molecular complexity index is 2460. The summed E-state index contributed by atoms with van der Waals surface area (Å²) in [5.74, 6) is -9.51. The zero-order valence-corrected chi connectivity index (χ0v) is 56.7. The topological polar surface area (TPSA) is 259 Å². The Morgan fingerprint density at radius 1 is 0.488 bits per heavy atom. The lowest BCUT2D eigenvalue weighted by atomic mass is 9.92. The third-order valence-electron chi connectivity index (χ3n) is 16.5. The monoisotopic (exact) mass is 1210 g/mol. The molecule has 0 saturated carbocycles. The fourth-order valence-electron chi connectivity index (χ4n) is 11.3. The lowest BCUT2D eigenvalue weighted by Crippen LogP contribution is -2.62. The average molecular weight is 1210 g/mol. The van der Waals surface area contributed by atoms with Gasteiger partial charge in [0.05, 0.1) is 12.6 Å². The van der Waals surface area contributed by atoms with Crippen molar-refractivity contribution in [3.05, 3.63) is 23.9 Å². The standard InChI is InChI=1S/C64H111N11O11/c1-25-26-27-42(16)55(77)54-59(81)68-51(39(10)11)62(84)69(19)34-50(76)70(20)47(31-36(4)5)58(80)67-52(40(12)13)63(85)73(23)48(32-37(6)7)57(79)65-43(17)56(78)66-44(18)60(82)74(24)49(33-38(8)9)61(83)72(22)46(30-35(2)3)45-28-29-75(54)64(86)53(41(14)15)71(45)21/h25-26,28,35-44,46-49,51-54H,27,29-34H2,1-24H3,(H,65,79)(H,66,78)(H,67,80)(H,68,81)/b26-25+/t42-,43+,44-,46+,47+,48+,49+,51+,52+,53+,54+/m1/s1. The minimum absolute atomic E-state index is 0.0131. The number of likely N-dealkylation sites (N-methyl/N-ethyl adjacent to an activating group) is 6. The fourth-order valence-corrected chi connectivity index (χ4v) is 11.3. The van der Waals surface area contributed by atoms with E-state index in [1.54, 1.807) is 78.8 Å². The summed E-state index contributed by atoms with van der Waals surface area (Å²) in [7, 11) is 9.19. The van der Waals surface area contributed by atoms with E-state index in [1.807, 2.05) is 74.1 Å². The van der Waals surface area contributed by atoms with Crippen LogP contribution in [0.3, 0.4) is 0 Å². The second-order valence-electron chi connectivity index (χ2n) is 27.0. The normalized spacial score (nSPS) is 26.8. The summed E-state index contributed by atoms with van der Waals surface area (Å²) >= 11 is 0. The zero-order valence-electron chi connectivity index (χ0n) is 56.7. The highest BCUT2D eigenvalue weighted by Gasteiger charge is 2.47. The van der Waals surface area contributed by atoms with E-state index in [9.17, 15) is 38.4 Å². The minimum Gasteiger partial charge on any atom is -0.364 e. The summed E-state index contributed by atoms with van der Waals surface area (Å²) in [5, 5.41) is 11.2. The van der Waals surface area contributed by atoms with Gasteiger partial charge in [0, 0.05) is 60.4 Å². The number of hydrogen-bond acceptors (Lipinski definition) is 12. The highest BCUT2D eigenvalue weighted by Crippen LogP contribution is 2.31. The summed E-state index contributed by atoms with van der Waals surface area (Å²) in [6.07, 6.45) is 6.58. The van der Waals surface area contributed by atoms with Gasteiger partial charge < -0.3 is 55.6 Å². The molecule has 2 aliphatic rings. The quantitative estimate of drug-likeness (QED) is 0.131. The molecule has 2 heterocycles. The molecule has 2 aliphatic heterocycles. The van der Waals surface area contributed by atoms with Crippen molar-refractivity contribution in [3.8, 4) is 0 Å². The van der Waals surface area contributed by atoms with Crippen molar-refractivity contribution in [2.45, 2.75) is 217 Å². The Balaban J connectivity index is 3.09. The van der Waals surface area contributed by atoms with Crippen LogP contribution >= 0.6 is 0 Å². The molecule has 0 spiro atoms. The lowest BCUT2D eigenvalue weighted by molar-refractivity contribution is -0.151. The van der Waals surface area contributed by atoms with Crippen LogP contribution in [0, 0.1) is 47.3 Å². The fraction of sp³-hybridized carbons (Fsp3) is 0.766. The number of hydrogen-bond donors (Lipinski definition) is 4.